The molecule has 0 radical (unpaired) electrons. The van der Waals surface area contributed by atoms with E-state index in [1.165, 1.54) is 56.7 Å². The van der Waals surface area contributed by atoms with Crippen molar-refractivity contribution in [2.24, 2.45) is 5.92 Å². The molecule has 2 nitrogen and oxygen atoms in total. The van der Waals surface area contributed by atoms with Crippen LogP contribution in [0.3, 0.4) is 0 Å². The van der Waals surface area contributed by atoms with Gasteiger partial charge in [-0.3, -0.25) is 0 Å². The fourth-order valence-electron chi connectivity index (χ4n) is 4.09. The lowest BCUT2D eigenvalue weighted by Gasteiger charge is -2.27. The van der Waals surface area contributed by atoms with E-state index in [9.17, 15) is 0 Å². The van der Waals surface area contributed by atoms with Gasteiger partial charge in [0.2, 0.25) is 0 Å². The minimum Gasteiger partial charge on any atom is -0.370 e. The normalized spacial score (nSPS) is 25.7. The van der Waals surface area contributed by atoms with Gasteiger partial charge in [0.05, 0.1) is 0 Å². The Labute approximate surface area is 130 Å². The Hall–Kier alpha value is -1.02. The Kier molecular flexibility index (Phi) is 4.00. The monoisotopic (exact) mass is 286 g/mol. The molecular weight excluding hydrogens is 256 g/mol. The number of nitrogens with zero attached hydrogens (tertiary/aromatic N) is 2. The zero-order valence-corrected chi connectivity index (χ0v) is 14.2. The molecule has 0 bridgehead atoms. The van der Waals surface area contributed by atoms with Crippen molar-refractivity contribution in [3.63, 3.8) is 0 Å². The maximum absolute atomic E-state index is 2.66. The van der Waals surface area contributed by atoms with E-state index in [-0.39, 0.29) is 0 Å². The quantitative estimate of drug-likeness (QED) is 0.815. The Morgan fingerprint density at radius 3 is 2.81 bits per heavy atom. The van der Waals surface area contributed by atoms with Crippen LogP contribution in [-0.4, -0.2) is 38.1 Å². The van der Waals surface area contributed by atoms with Gasteiger partial charge in [0, 0.05) is 24.2 Å². The average Bonchev–Trinajstić information content (AvgIpc) is 2.56. The summed E-state index contributed by atoms with van der Waals surface area (Å²) in [6, 6.07) is 7.02. The zero-order valence-electron chi connectivity index (χ0n) is 14.2. The molecule has 0 N–H and O–H groups in total. The second-order valence-electron chi connectivity index (χ2n) is 7.89. The van der Waals surface area contributed by atoms with Crippen molar-refractivity contribution in [3.05, 3.63) is 29.3 Å². The summed E-state index contributed by atoms with van der Waals surface area (Å²) < 4.78 is 0. The van der Waals surface area contributed by atoms with Crippen molar-refractivity contribution in [3.8, 4) is 0 Å². The number of hydrogen-bond donors (Lipinski definition) is 0. The maximum Gasteiger partial charge on any atom is 0.0407 e. The van der Waals surface area contributed by atoms with E-state index in [1.54, 1.807) is 5.56 Å². The van der Waals surface area contributed by atoms with Gasteiger partial charge in [-0.25, -0.2) is 0 Å². The summed E-state index contributed by atoms with van der Waals surface area (Å²) in [4.78, 5) is 5.16. The molecule has 0 amide bonds. The number of likely N-dealkylation sites (tertiary alicyclic amines) is 1. The molecule has 1 fully saturated rings. The summed E-state index contributed by atoms with van der Waals surface area (Å²) in [6.45, 7) is 12.0. The van der Waals surface area contributed by atoms with Gasteiger partial charge in [-0.05, 0) is 69.4 Å². The van der Waals surface area contributed by atoms with Crippen LogP contribution in [-0.2, 0) is 5.41 Å². The molecule has 2 heteroatoms. The first kappa shape index (κ1) is 14.9. The summed E-state index contributed by atoms with van der Waals surface area (Å²) in [7, 11) is 2.26. The highest BCUT2D eigenvalue weighted by molar-refractivity contribution is 5.63. The highest BCUT2D eigenvalue weighted by Crippen LogP contribution is 2.41. The van der Waals surface area contributed by atoms with Crippen molar-refractivity contribution < 1.29 is 0 Å². The molecule has 3 rings (SSSR count). The Morgan fingerprint density at radius 1 is 1.19 bits per heavy atom. The molecular formula is C19H30N2. The number of hydrogen-bond acceptors (Lipinski definition) is 2. The van der Waals surface area contributed by atoms with Crippen molar-refractivity contribution in [2.45, 2.75) is 45.4 Å². The third kappa shape index (κ3) is 3.11. The Bertz CT molecular complexity index is 506. The van der Waals surface area contributed by atoms with Gasteiger partial charge in [0.25, 0.3) is 0 Å². The standard InChI is InChI=1S/C19H30N2/c1-15-7-8-17-18(12-15)21(14-19(17,2)3)13-16-6-5-10-20(4)11-9-16/h7-8,12,16H,5-6,9-11,13-14H2,1-4H3. The number of anilines is 1. The molecule has 0 aromatic heterocycles. The van der Waals surface area contributed by atoms with Gasteiger partial charge in [-0.2, -0.15) is 0 Å². The van der Waals surface area contributed by atoms with E-state index in [0.717, 1.165) is 5.92 Å². The second-order valence-corrected chi connectivity index (χ2v) is 7.89. The molecule has 1 aromatic carbocycles. The number of aryl methyl sites for hydroxylation is 1. The summed E-state index contributed by atoms with van der Waals surface area (Å²) >= 11 is 0. The second kappa shape index (κ2) is 5.64. The van der Waals surface area contributed by atoms with Gasteiger partial charge >= 0.3 is 0 Å². The molecule has 0 spiro atoms. The molecule has 2 aliphatic rings. The summed E-state index contributed by atoms with van der Waals surface area (Å²) in [5, 5.41) is 0. The smallest absolute Gasteiger partial charge is 0.0407 e. The van der Waals surface area contributed by atoms with Crippen molar-refractivity contribution in [1.29, 1.82) is 0 Å². The van der Waals surface area contributed by atoms with Crippen LogP contribution in [0.4, 0.5) is 5.69 Å². The highest BCUT2D eigenvalue weighted by Gasteiger charge is 2.35. The average molecular weight is 286 g/mol. The van der Waals surface area contributed by atoms with Crippen LogP contribution in [0.1, 0.15) is 44.2 Å². The molecule has 1 unspecified atom stereocenters. The molecule has 0 aliphatic carbocycles. The SMILES string of the molecule is Cc1ccc2c(c1)N(CC1CCCN(C)CC1)CC2(C)C. The van der Waals surface area contributed by atoms with Gasteiger partial charge < -0.3 is 9.80 Å². The first-order chi connectivity index (χ1) is 9.95. The van der Waals surface area contributed by atoms with Crippen LogP contribution in [0.2, 0.25) is 0 Å². The van der Waals surface area contributed by atoms with E-state index in [0.29, 0.717) is 5.41 Å². The third-order valence-corrected chi connectivity index (χ3v) is 5.36. The van der Waals surface area contributed by atoms with Crippen LogP contribution >= 0.6 is 0 Å². The van der Waals surface area contributed by atoms with Gasteiger partial charge in [-0.1, -0.05) is 26.0 Å². The van der Waals surface area contributed by atoms with Gasteiger partial charge in [0.1, 0.15) is 0 Å². The highest BCUT2D eigenvalue weighted by atomic mass is 15.2. The third-order valence-electron chi connectivity index (χ3n) is 5.36. The Balaban J connectivity index is 1.77. The van der Waals surface area contributed by atoms with E-state index in [4.69, 9.17) is 0 Å². The largest absolute Gasteiger partial charge is 0.370 e. The topological polar surface area (TPSA) is 6.48 Å². The maximum atomic E-state index is 2.66. The first-order valence-corrected chi connectivity index (χ1v) is 8.50. The fraction of sp³-hybridized carbons (Fsp3) is 0.684. The van der Waals surface area contributed by atoms with Crippen molar-refractivity contribution >= 4 is 5.69 Å². The molecule has 116 valence electrons. The van der Waals surface area contributed by atoms with E-state index >= 15 is 0 Å². The Morgan fingerprint density at radius 2 is 2.00 bits per heavy atom. The fourth-order valence-corrected chi connectivity index (χ4v) is 4.09. The summed E-state index contributed by atoms with van der Waals surface area (Å²) in [5.74, 6) is 0.859. The van der Waals surface area contributed by atoms with E-state index in [1.807, 2.05) is 0 Å². The molecule has 21 heavy (non-hydrogen) atoms. The van der Waals surface area contributed by atoms with Crippen molar-refractivity contribution in [1.82, 2.24) is 4.90 Å². The van der Waals surface area contributed by atoms with Crippen LogP contribution < -0.4 is 4.90 Å². The molecule has 1 saturated heterocycles. The predicted molar refractivity (Wildman–Crippen MR) is 91.3 cm³/mol. The predicted octanol–water partition coefficient (Wildman–Crippen LogP) is 3.82. The minimum atomic E-state index is 0.296. The van der Waals surface area contributed by atoms with Crippen molar-refractivity contribution in [2.75, 3.05) is 38.1 Å². The van der Waals surface area contributed by atoms with Gasteiger partial charge in [-0.15, -0.1) is 0 Å². The number of rotatable bonds is 2. The first-order valence-electron chi connectivity index (χ1n) is 8.50. The van der Waals surface area contributed by atoms with Crippen LogP contribution in [0.25, 0.3) is 0 Å². The summed E-state index contributed by atoms with van der Waals surface area (Å²) in [5.41, 5.74) is 4.72. The van der Waals surface area contributed by atoms with Gasteiger partial charge in [0.15, 0.2) is 0 Å². The number of fused-ring (bicyclic) bond motifs is 1. The zero-order chi connectivity index (χ0) is 15.0. The lowest BCUT2D eigenvalue weighted by atomic mass is 9.87. The molecule has 1 aromatic rings. The number of benzene rings is 1. The van der Waals surface area contributed by atoms with E-state index < -0.39 is 0 Å². The van der Waals surface area contributed by atoms with Crippen LogP contribution in [0.5, 0.6) is 0 Å². The van der Waals surface area contributed by atoms with Crippen LogP contribution in [0.15, 0.2) is 18.2 Å². The lowest BCUT2D eigenvalue weighted by Crippen LogP contribution is -2.33. The van der Waals surface area contributed by atoms with Crippen LogP contribution in [0, 0.1) is 12.8 Å². The molecule has 2 heterocycles. The summed E-state index contributed by atoms with van der Waals surface area (Å²) in [6.07, 6.45) is 4.11. The molecule has 1 atom stereocenters. The minimum absolute atomic E-state index is 0.296. The molecule has 2 aliphatic heterocycles. The van der Waals surface area contributed by atoms with E-state index in [2.05, 4.69) is 55.8 Å². The molecule has 0 saturated carbocycles. The lowest BCUT2D eigenvalue weighted by molar-refractivity contribution is 0.341.